The monoisotopic (exact) mass is 334 g/mol. The van der Waals surface area contributed by atoms with Gasteiger partial charge in [0, 0.05) is 18.3 Å². The van der Waals surface area contributed by atoms with Crippen LogP contribution in [0.2, 0.25) is 0 Å². The maximum atomic E-state index is 12.3. The molecule has 1 atom stereocenters. The van der Waals surface area contributed by atoms with Gasteiger partial charge in [0.05, 0.1) is 5.69 Å². The Balaban J connectivity index is 0.00000200. The molecule has 104 valence electrons. The SMILES string of the molecule is C=CC[n+]1ccccc1C(=O)C(O)c1ccccn1.[Br-]. The Morgan fingerprint density at radius 2 is 2.10 bits per heavy atom. The van der Waals surface area contributed by atoms with Crippen molar-refractivity contribution in [2.24, 2.45) is 0 Å². The summed E-state index contributed by atoms with van der Waals surface area (Å²) in [5.74, 6) is -0.374. The van der Waals surface area contributed by atoms with Gasteiger partial charge >= 0.3 is 0 Å². The average molecular weight is 335 g/mol. The highest BCUT2D eigenvalue weighted by Gasteiger charge is 2.27. The number of aliphatic hydroxyl groups is 1. The number of pyridine rings is 2. The molecule has 2 rings (SSSR count). The van der Waals surface area contributed by atoms with Gasteiger partial charge in [0.25, 0.3) is 11.5 Å². The number of rotatable bonds is 5. The Kier molecular flexibility index (Phi) is 6.21. The van der Waals surface area contributed by atoms with Crippen LogP contribution in [0.15, 0.2) is 61.4 Å². The number of carbonyl (C=O) groups excluding carboxylic acids is 1. The number of hydrogen-bond donors (Lipinski definition) is 1. The third-order valence-corrected chi connectivity index (χ3v) is 2.74. The van der Waals surface area contributed by atoms with Gasteiger partial charge < -0.3 is 22.1 Å². The second-order valence-corrected chi connectivity index (χ2v) is 4.05. The molecule has 0 fully saturated rings. The number of hydrogen-bond acceptors (Lipinski definition) is 3. The maximum Gasteiger partial charge on any atom is 0.260 e. The minimum absolute atomic E-state index is 0. The molecule has 0 saturated carbocycles. The first kappa shape index (κ1) is 16.2. The largest absolute Gasteiger partial charge is 1.00 e. The molecule has 20 heavy (non-hydrogen) atoms. The molecule has 0 bridgehead atoms. The summed E-state index contributed by atoms with van der Waals surface area (Å²) >= 11 is 0. The van der Waals surface area contributed by atoms with Crippen LogP contribution in [0.1, 0.15) is 22.3 Å². The van der Waals surface area contributed by atoms with Crippen LogP contribution in [0, 0.1) is 0 Å². The van der Waals surface area contributed by atoms with Gasteiger partial charge in [-0.2, -0.15) is 4.57 Å². The van der Waals surface area contributed by atoms with E-state index in [0.717, 1.165) is 0 Å². The van der Waals surface area contributed by atoms with E-state index in [0.29, 0.717) is 17.9 Å². The lowest BCUT2D eigenvalue weighted by atomic mass is 10.1. The fourth-order valence-electron chi connectivity index (χ4n) is 1.81. The molecule has 2 aromatic rings. The quantitative estimate of drug-likeness (QED) is 0.410. The van der Waals surface area contributed by atoms with Crippen molar-refractivity contribution in [1.29, 1.82) is 0 Å². The normalized spacial score (nSPS) is 11.2. The van der Waals surface area contributed by atoms with Crippen molar-refractivity contribution in [2.75, 3.05) is 0 Å². The number of nitrogens with zero attached hydrogens (tertiary/aromatic N) is 2. The highest BCUT2D eigenvalue weighted by Crippen LogP contribution is 2.14. The Labute approximate surface area is 128 Å². The van der Waals surface area contributed by atoms with Crippen molar-refractivity contribution < 1.29 is 31.4 Å². The molecule has 1 unspecified atom stereocenters. The van der Waals surface area contributed by atoms with E-state index in [9.17, 15) is 9.90 Å². The highest BCUT2D eigenvalue weighted by molar-refractivity contribution is 5.96. The van der Waals surface area contributed by atoms with Crippen molar-refractivity contribution in [2.45, 2.75) is 12.6 Å². The number of Topliss-reactive ketones (excluding diaryl/α,β-unsaturated/α-hetero) is 1. The van der Waals surface area contributed by atoms with E-state index in [1.54, 1.807) is 53.4 Å². The van der Waals surface area contributed by atoms with Gasteiger partial charge in [-0.15, -0.1) is 0 Å². The molecule has 0 spiro atoms. The van der Waals surface area contributed by atoms with Gasteiger partial charge in [0.15, 0.2) is 18.8 Å². The van der Waals surface area contributed by atoms with Gasteiger partial charge in [0.2, 0.25) is 0 Å². The third-order valence-electron chi connectivity index (χ3n) is 2.74. The van der Waals surface area contributed by atoms with Crippen LogP contribution in [0.25, 0.3) is 0 Å². The zero-order chi connectivity index (χ0) is 13.7. The first-order chi connectivity index (χ1) is 9.24. The van der Waals surface area contributed by atoms with E-state index >= 15 is 0 Å². The lowest BCUT2D eigenvalue weighted by Crippen LogP contribution is -3.00. The lowest BCUT2D eigenvalue weighted by molar-refractivity contribution is -0.688. The first-order valence-electron chi connectivity index (χ1n) is 5.96. The highest BCUT2D eigenvalue weighted by atomic mass is 79.9. The second-order valence-electron chi connectivity index (χ2n) is 4.05. The molecule has 1 N–H and O–H groups in total. The third kappa shape index (κ3) is 3.59. The molecule has 5 heteroatoms. The molecular weight excluding hydrogens is 320 g/mol. The Hall–Kier alpha value is -1.85. The molecule has 0 aliphatic carbocycles. The predicted molar refractivity (Wildman–Crippen MR) is 70.4 cm³/mol. The summed E-state index contributed by atoms with van der Waals surface area (Å²) < 4.78 is 1.74. The molecule has 2 heterocycles. The van der Waals surface area contributed by atoms with E-state index in [4.69, 9.17) is 0 Å². The van der Waals surface area contributed by atoms with Crippen molar-refractivity contribution in [1.82, 2.24) is 4.98 Å². The van der Waals surface area contributed by atoms with Gasteiger partial charge in [0.1, 0.15) is 0 Å². The number of allylic oxidation sites excluding steroid dienone is 1. The van der Waals surface area contributed by atoms with E-state index < -0.39 is 6.10 Å². The van der Waals surface area contributed by atoms with Crippen molar-refractivity contribution in [3.8, 4) is 0 Å². The van der Waals surface area contributed by atoms with Gasteiger partial charge in [-0.05, 0) is 24.3 Å². The summed E-state index contributed by atoms with van der Waals surface area (Å²) in [6.07, 6.45) is 3.78. The van der Waals surface area contributed by atoms with Gasteiger partial charge in [-0.3, -0.25) is 9.78 Å². The van der Waals surface area contributed by atoms with Crippen LogP contribution in [-0.2, 0) is 6.54 Å². The number of aromatic nitrogens is 2. The number of ketones is 1. The van der Waals surface area contributed by atoms with Crippen LogP contribution < -0.4 is 21.5 Å². The standard InChI is InChI=1S/C15H15N2O2.BrH/c1-2-10-17-11-6-4-8-13(17)15(19)14(18)12-7-3-5-9-16-12;/h2-9,11,14,18H,1,10H2;1H/q+1;/p-1. The van der Waals surface area contributed by atoms with Crippen LogP contribution in [0.5, 0.6) is 0 Å². The smallest absolute Gasteiger partial charge is 0.260 e. The fraction of sp³-hybridized carbons (Fsp3) is 0.133. The molecule has 0 amide bonds. The summed E-state index contributed by atoms with van der Waals surface area (Å²) in [7, 11) is 0. The molecule has 0 radical (unpaired) electrons. The van der Waals surface area contributed by atoms with E-state index in [2.05, 4.69) is 11.6 Å². The first-order valence-corrected chi connectivity index (χ1v) is 5.96. The predicted octanol–water partition coefficient (Wildman–Crippen LogP) is -1.52. The number of carbonyl (C=O) groups is 1. The summed E-state index contributed by atoms with van der Waals surface area (Å²) in [4.78, 5) is 16.3. The summed E-state index contributed by atoms with van der Waals surface area (Å²) in [5, 5.41) is 10.1. The Bertz CT molecular complexity index is 587. The lowest BCUT2D eigenvalue weighted by Gasteiger charge is -2.07. The van der Waals surface area contributed by atoms with E-state index in [1.165, 1.54) is 0 Å². The molecule has 0 aromatic carbocycles. The van der Waals surface area contributed by atoms with Crippen molar-refractivity contribution in [3.63, 3.8) is 0 Å². The summed E-state index contributed by atoms with van der Waals surface area (Å²) in [6, 6.07) is 10.4. The van der Waals surface area contributed by atoms with Crippen molar-refractivity contribution in [3.05, 3.63) is 72.8 Å². The summed E-state index contributed by atoms with van der Waals surface area (Å²) in [5.41, 5.74) is 0.780. The number of halogens is 1. The minimum atomic E-state index is -1.25. The zero-order valence-electron chi connectivity index (χ0n) is 10.8. The molecule has 0 saturated heterocycles. The molecule has 0 aliphatic heterocycles. The molecule has 0 aliphatic rings. The fourth-order valence-corrected chi connectivity index (χ4v) is 1.81. The van der Waals surface area contributed by atoms with Gasteiger partial charge in [-0.25, -0.2) is 0 Å². The summed E-state index contributed by atoms with van der Waals surface area (Å²) in [6.45, 7) is 4.16. The topological polar surface area (TPSA) is 54.1 Å². The second kappa shape index (κ2) is 7.67. The minimum Gasteiger partial charge on any atom is -1.00 e. The van der Waals surface area contributed by atoms with Crippen molar-refractivity contribution >= 4 is 5.78 Å². The molecular formula is C15H15BrN2O2. The van der Waals surface area contributed by atoms with E-state index in [1.807, 2.05) is 6.07 Å². The zero-order valence-corrected chi connectivity index (χ0v) is 12.4. The van der Waals surface area contributed by atoms with Crippen LogP contribution in [-0.4, -0.2) is 15.9 Å². The van der Waals surface area contributed by atoms with Gasteiger partial charge in [-0.1, -0.05) is 12.6 Å². The molecule has 4 nitrogen and oxygen atoms in total. The van der Waals surface area contributed by atoms with Crippen LogP contribution >= 0.6 is 0 Å². The van der Waals surface area contributed by atoms with Crippen LogP contribution in [0.4, 0.5) is 0 Å². The number of aliphatic hydroxyl groups excluding tert-OH is 1. The Morgan fingerprint density at radius 1 is 1.35 bits per heavy atom. The maximum absolute atomic E-state index is 12.3. The Morgan fingerprint density at radius 3 is 2.75 bits per heavy atom. The average Bonchev–Trinajstić information content (AvgIpc) is 2.47. The van der Waals surface area contributed by atoms with E-state index in [-0.39, 0.29) is 22.8 Å². The molecule has 2 aromatic heterocycles. The van der Waals surface area contributed by atoms with Crippen LogP contribution in [0.3, 0.4) is 0 Å².